The molecule has 0 bridgehead atoms. The van der Waals surface area contributed by atoms with Crippen molar-refractivity contribution in [1.82, 2.24) is 5.16 Å². The monoisotopic (exact) mass is 393 g/mol. The van der Waals surface area contributed by atoms with E-state index in [1.807, 2.05) is 0 Å². The third-order valence-electron chi connectivity index (χ3n) is 3.19. The number of halogens is 3. The zero-order valence-corrected chi connectivity index (χ0v) is 13.7. The molecule has 3 rings (SSSR count). The third-order valence-corrected chi connectivity index (χ3v) is 3.72. The van der Waals surface area contributed by atoms with Gasteiger partial charge in [-0.2, -0.15) is 0 Å². The maximum Gasteiger partial charge on any atom is 0.338 e. The fourth-order valence-electron chi connectivity index (χ4n) is 2.00. The molecule has 0 N–H and O–H groups in total. The molecule has 0 atom stereocenters. The van der Waals surface area contributed by atoms with Crippen LogP contribution in [0, 0.1) is 11.6 Å². The molecule has 0 aliphatic carbocycles. The Morgan fingerprint density at radius 1 is 1.12 bits per heavy atom. The van der Waals surface area contributed by atoms with Crippen molar-refractivity contribution >= 4 is 21.9 Å². The summed E-state index contributed by atoms with van der Waals surface area (Å²) in [6.07, 6.45) is 0. The van der Waals surface area contributed by atoms with Crippen LogP contribution >= 0.6 is 15.9 Å². The summed E-state index contributed by atoms with van der Waals surface area (Å²) in [5.41, 5.74) is 0.792. The topological polar surface area (TPSA) is 52.3 Å². The van der Waals surface area contributed by atoms with E-state index in [4.69, 9.17) is 9.26 Å². The van der Waals surface area contributed by atoms with Gasteiger partial charge in [-0.1, -0.05) is 21.1 Å². The number of hydrogen-bond donors (Lipinski definition) is 0. The van der Waals surface area contributed by atoms with Gasteiger partial charge >= 0.3 is 5.97 Å². The molecule has 3 aromatic rings. The van der Waals surface area contributed by atoms with Gasteiger partial charge in [0, 0.05) is 16.6 Å². The zero-order chi connectivity index (χ0) is 17.1. The number of carbonyl (C=O) groups excluding carboxylic acids is 1. The van der Waals surface area contributed by atoms with E-state index in [1.54, 1.807) is 24.3 Å². The molecule has 24 heavy (non-hydrogen) atoms. The van der Waals surface area contributed by atoms with E-state index in [0.717, 1.165) is 16.6 Å². The number of carbonyl (C=O) groups is 1. The van der Waals surface area contributed by atoms with Crippen LogP contribution in [-0.2, 0) is 11.3 Å². The van der Waals surface area contributed by atoms with Gasteiger partial charge < -0.3 is 9.26 Å². The van der Waals surface area contributed by atoms with Crippen molar-refractivity contribution in [2.24, 2.45) is 0 Å². The van der Waals surface area contributed by atoms with E-state index >= 15 is 0 Å². The summed E-state index contributed by atoms with van der Waals surface area (Å²) in [5, 5.41) is 3.72. The van der Waals surface area contributed by atoms with E-state index in [0.29, 0.717) is 11.3 Å². The average molecular weight is 394 g/mol. The lowest BCUT2D eigenvalue weighted by molar-refractivity contribution is 0.0464. The summed E-state index contributed by atoms with van der Waals surface area (Å²) in [6.45, 7) is -0.124. The molecular weight excluding hydrogens is 384 g/mol. The van der Waals surface area contributed by atoms with E-state index in [9.17, 15) is 13.6 Å². The highest BCUT2D eigenvalue weighted by atomic mass is 79.9. The Morgan fingerprint density at radius 3 is 2.58 bits per heavy atom. The second-order valence-corrected chi connectivity index (χ2v) is 5.81. The number of aromatic nitrogens is 1. The molecule has 1 aromatic heterocycles. The fraction of sp³-hybridized carbons (Fsp3) is 0.0588. The van der Waals surface area contributed by atoms with Crippen LogP contribution in [0.5, 0.6) is 0 Å². The molecule has 2 aromatic carbocycles. The molecule has 0 saturated heterocycles. The maximum absolute atomic E-state index is 13.7. The predicted octanol–water partition coefficient (Wildman–Crippen LogP) is 4.74. The molecule has 0 fully saturated rings. The van der Waals surface area contributed by atoms with Crippen molar-refractivity contribution in [3.8, 4) is 11.3 Å². The second-order valence-electron chi connectivity index (χ2n) is 4.89. The fourth-order valence-corrected chi connectivity index (χ4v) is 2.27. The van der Waals surface area contributed by atoms with Crippen LogP contribution in [0.2, 0.25) is 0 Å². The highest BCUT2D eigenvalue weighted by molar-refractivity contribution is 9.10. The lowest BCUT2D eigenvalue weighted by Gasteiger charge is -2.02. The highest BCUT2D eigenvalue weighted by Gasteiger charge is 2.14. The van der Waals surface area contributed by atoms with Gasteiger partial charge in [-0.25, -0.2) is 13.6 Å². The summed E-state index contributed by atoms with van der Waals surface area (Å²) in [5.74, 6) is -1.83. The van der Waals surface area contributed by atoms with Crippen molar-refractivity contribution in [2.45, 2.75) is 6.61 Å². The van der Waals surface area contributed by atoms with Crippen LogP contribution in [-0.4, -0.2) is 11.1 Å². The normalized spacial score (nSPS) is 10.6. The van der Waals surface area contributed by atoms with Crippen molar-refractivity contribution < 1.29 is 22.8 Å². The van der Waals surface area contributed by atoms with Gasteiger partial charge in [0.05, 0.1) is 11.1 Å². The van der Waals surface area contributed by atoms with Gasteiger partial charge in [0.25, 0.3) is 0 Å². The number of hydrogen-bond acceptors (Lipinski definition) is 4. The van der Waals surface area contributed by atoms with Gasteiger partial charge in [-0.15, -0.1) is 0 Å². The van der Waals surface area contributed by atoms with Crippen molar-refractivity contribution in [1.29, 1.82) is 0 Å². The Labute approximate surface area is 144 Å². The van der Waals surface area contributed by atoms with Crippen LogP contribution < -0.4 is 0 Å². The van der Waals surface area contributed by atoms with E-state index in [-0.39, 0.29) is 17.9 Å². The van der Waals surface area contributed by atoms with Crippen LogP contribution in [0.4, 0.5) is 8.78 Å². The first kappa shape index (κ1) is 16.3. The Kier molecular flexibility index (Phi) is 4.71. The summed E-state index contributed by atoms with van der Waals surface area (Å²) >= 11 is 3.28. The van der Waals surface area contributed by atoms with Crippen LogP contribution in [0.1, 0.15) is 16.1 Å². The minimum absolute atomic E-state index is 0.0781. The zero-order valence-electron chi connectivity index (χ0n) is 12.1. The minimum atomic E-state index is -0.760. The Bertz CT molecular complexity index is 878. The Balaban J connectivity index is 1.68. The Morgan fingerprint density at radius 2 is 1.88 bits per heavy atom. The van der Waals surface area contributed by atoms with Crippen LogP contribution in [0.25, 0.3) is 11.3 Å². The number of esters is 1. The first-order valence-electron chi connectivity index (χ1n) is 6.86. The molecule has 122 valence electrons. The molecule has 7 heteroatoms. The quantitative estimate of drug-likeness (QED) is 0.600. The molecule has 0 saturated carbocycles. The summed E-state index contributed by atoms with van der Waals surface area (Å²) in [6, 6.07) is 11.3. The molecule has 4 nitrogen and oxygen atoms in total. The largest absolute Gasteiger partial charge is 0.455 e. The van der Waals surface area contributed by atoms with Gasteiger partial charge in [0.15, 0.2) is 5.76 Å². The van der Waals surface area contributed by atoms with E-state index < -0.39 is 17.6 Å². The minimum Gasteiger partial charge on any atom is -0.455 e. The SMILES string of the molecule is O=C(OCc1cc(-c2ccc(F)cc2F)on1)c1ccc(Br)cc1. The standard InChI is InChI=1S/C17H10BrF2NO3/c18-11-3-1-10(2-4-11)17(22)23-9-13-8-16(24-21-13)14-6-5-12(19)7-15(14)20/h1-8H,9H2. The molecule has 0 aliphatic rings. The molecule has 0 unspecified atom stereocenters. The molecule has 0 aliphatic heterocycles. The smallest absolute Gasteiger partial charge is 0.338 e. The van der Waals surface area contributed by atoms with E-state index in [1.165, 1.54) is 12.1 Å². The highest BCUT2D eigenvalue weighted by Crippen LogP contribution is 2.24. The predicted molar refractivity (Wildman–Crippen MR) is 85.1 cm³/mol. The van der Waals surface area contributed by atoms with Crippen molar-refractivity contribution in [3.05, 3.63) is 75.9 Å². The maximum atomic E-state index is 13.7. The van der Waals surface area contributed by atoms with Crippen LogP contribution in [0.3, 0.4) is 0 Å². The van der Waals surface area contributed by atoms with Crippen LogP contribution in [0.15, 0.2) is 57.5 Å². The number of ether oxygens (including phenoxy) is 1. The number of nitrogens with zero attached hydrogens (tertiary/aromatic N) is 1. The van der Waals surface area contributed by atoms with Gasteiger partial charge in [-0.05, 0) is 36.4 Å². The number of rotatable bonds is 4. The van der Waals surface area contributed by atoms with Crippen molar-refractivity contribution in [2.75, 3.05) is 0 Å². The van der Waals surface area contributed by atoms with Crippen molar-refractivity contribution in [3.63, 3.8) is 0 Å². The third kappa shape index (κ3) is 3.68. The number of benzene rings is 2. The first-order valence-corrected chi connectivity index (χ1v) is 7.66. The van der Waals surface area contributed by atoms with Gasteiger partial charge in [-0.3, -0.25) is 0 Å². The molecular formula is C17H10BrF2NO3. The molecule has 1 heterocycles. The lowest BCUT2D eigenvalue weighted by Crippen LogP contribution is -2.05. The summed E-state index contributed by atoms with van der Waals surface area (Å²) < 4.78 is 37.6. The summed E-state index contributed by atoms with van der Waals surface area (Å²) in [4.78, 5) is 11.9. The summed E-state index contributed by atoms with van der Waals surface area (Å²) in [7, 11) is 0. The van der Waals surface area contributed by atoms with Gasteiger partial charge in [0.1, 0.15) is 23.9 Å². The first-order chi connectivity index (χ1) is 11.5. The van der Waals surface area contributed by atoms with Gasteiger partial charge in [0.2, 0.25) is 0 Å². The Hall–Kier alpha value is -2.54. The molecule has 0 spiro atoms. The lowest BCUT2D eigenvalue weighted by atomic mass is 10.1. The molecule has 0 radical (unpaired) electrons. The average Bonchev–Trinajstić information content (AvgIpc) is 3.02. The second kappa shape index (κ2) is 6.92. The van der Waals surface area contributed by atoms with E-state index in [2.05, 4.69) is 21.1 Å². The molecule has 0 amide bonds.